The molecule has 0 spiro atoms. The van der Waals surface area contributed by atoms with Gasteiger partial charge in [0.2, 0.25) is 0 Å². The minimum atomic E-state index is 0.646. The Hall–Kier alpha value is -1.08. The van der Waals surface area contributed by atoms with Crippen molar-refractivity contribution in [3.63, 3.8) is 0 Å². The molecule has 0 bridgehead atoms. The van der Waals surface area contributed by atoms with Crippen LogP contribution in [0.3, 0.4) is 0 Å². The topological polar surface area (TPSA) is 3.24 Å². The number of piperidine rings is 1. The van der Waals surface area contributed by atoms with Crippen LogP contribution in [-0.4, -0.2) is 24.0 Å². The Labute approximate surface area is 111 Å². The molecular weight excluding hydrogens is 218 g/mol. The highest BCUT2D eigenvalue weighted by molar-refractivity contribution is 5.25. The van der Waals surface area contributed by atoms with Crippen LogP contribution in [0.5, 0.6) is 0 Å². The Morgan fingerprint density at radius 3 is 2.28 bits per heavy atom. The molecule has 0 aromatic heterocycles. The van der Waals surface area contributed by atoms with Crippen molar-refractivity contribution < 1.29 is 0 Å². The second-order valence-corrected chi connectivity index (χ2v) is 5.64. The summed E-state index contributed by atoms with van der Waals surface area (Å²) < 4.78 is 0. The molecule has 1 aromatic carbocycles. The van der Waals surface area contributed by atoms with Gasteiger partial charge in [-0.1, -0.05) is 48.9 Å². The second-order valence-electron chi connectivity index (χ2n) is 5.64. The molecule has 1 heteroatoms. The maximum absolute atomic E-state index is 2.68. The molecule has 0 radical (unpaired) electrons. The van der Waals surface area contributed by atoms with Crippen LogP contribution in [0.2, 0.25) is 0 Å². The van der Waals surface area contributed by atoms with Gasteiger partial charge in [0.05, 0.1) is 0 Å². The van der Waals surface area contributed by atoms with Gasteiger partial charge in [-0.15, -0.1) is 0 Å². The molecule has 1 aromatic rings. The highest BCUT2D eigenvalue weighted by atomic mass is 15.2. The molecule has 96 valence electrons. The number of allylic oxidation sites excluding steroid dienone is 1. The highest BCUT2D eigenvalue weighted by Gasteiger charge is 2.23. The highest BCUT2D eigenvalue weighted by Crippen LogP contribution is 2.30. The first-order chi connectivity index (χ1) is 8.93. The maximum Gasteiger partial charge on any atom is 0.0278 e. The molecule has 2 unspecified atom stereocenters. The standard InChI is InChI=1S/C17H23N/c1-3-7-15(8-4-1)16-9-11-17(12-10-16)18-13-5-2-6-14-18/h1,3-4,7-9,11,16-17H,2,5-6,10,12-14H2. The fourth-order valence-electron chi connectivity index (χ4n) is 3.34. The Morgan fingerprint density at radius 1 is 0.833 bits per heavy atom. The van der Waals surface area contributed by atoms with E-state index in [4.69, 9.17) is 0 Å². The molecule has 0 amide bonds. The summed E-state index contributed by atoms with van der Waals surface area (Å²) in [6.07, 6.45) is 11.8. The lowest BCUT2D eigenvalue weighted by Gasteiger charge is -2.35. The van der Waals surface area contributed by atoms with Gasteiger partial charge in [0.1, 0.15) is 0 Å². The number of rotatable bonds is 2. The number of nitrogens with zero attached hydrogens (tertiary/aromatic N) is 1. The first kappa shape index (κ1) is 12.0. The van der Waals surface area contributed by atoms with Gasteiger partial charge in [0, 0.05) is 12.0 Å². The van der Waals surface area contributed by atoms with Crippen molar-refractivity contribution in [1.82, 2.24) is 4.90 Å². The largest absolute Gasteiger partial charge is 0.297 e. The fourth-order valence-corrected chi connectivity index (χ4v) is 3.34. The Morgan fingerprint density at radius 2 is 1.61 bits per heavy atom. The Kier molecular flexibility index (Phi) is 3.80. The summed E-state index contributed by atoms with van der Waals surface area (Å²) in [5.41, 5.74) is 1.48. The zero-order valence-electron chi connectivity index (χ0n) is 11.1. The second kappa shape index (κ2) is 5.71. The molecular formula is C17H23N. The first-order valence-electron chi connectivity index (χ1n) is 7.41. The smallest absolute Gasteiger partial charge is 0.0278 e. The molecule has 0 N–H and O–H groups in total. The summed E-state index contributed by atoms with van der Waals surface area (Å²) in [5.74, 6) is 0.646. The third-order valence-corrected chi connectivity index (χ3v) is 4.43. The molecule has 1 aliphatic carbocycles. The summed E-state index contributed by atoms with van der Waals surface area (Å²) in [7, 11) is 0. The lowest BCUT2D eigenvalue weighted by molar-refractivity contribution is 0.177. The summed E-state index contributed by atoms with van der Waals surface area (Å²) in [6, 6.07) is 11.6. The molecule has 1 aliphatic heterocycles. The zero-order chi connectivity index (χ0) is 12.2. The quantitative estimate of drug-likeness (QED) is 0.708. The fraction of sp³-hybridized carbons (Fsp3) is 0.529. The van der Waals surface area contributed by atoms with E-state index in [1.54, 1.807) is 0 Å². The number of hydrogen-bond acceptors (Lipinski definition) is 1. The third kappa shape index (κ3) is 2.67. The summed E-state index contributed by atoms with van der Waals surface area (Å²) in [5, 5.41) is 0. The van der Waals surface area contributed by atoms with Crippen LogP contribution in [0.4, 0.5) is 0 Å². The number of benzene rings is 1. The van der Waals surface area contributed by atoms with Crippen LogP contribution in [0.1, 0.15) is 43.6 Å². The van der Waals surface area contributed by atoms with Gasteiger partial charge < -0.3 is 0 Å². The van der Waals surface area contributed by atoms with Crippen molar-refractivity contribution >= 4 is 0 Å². The normalized spacial score (nSPS) is 29.3. The van der Waals surface area contributed by atoms with Gasteiger partial charge in [-0.05, 0) is 44.3 Å². The van der Waals surface area contributed by atoms with Crippen molar-refractivity contribution in [3.8, 4) is 0 Å². The van der Waals surface area contributed by atoms with E-state index in [-0.39, 0.29) is 0 Å². The van der Waals surface area contributed by atoms with E-state index in [1.165, 1.54) is 50.8 Å². The van der Waals surface area contributed by atoms with Gasteiger partial charge in [-0.25, -0.2) is 0 Å². The minimum absolute atomic E-state index is 0.646. The lowest BCUT2D eigenvalue weighted by atomic mass is 9.86. The predicted molar refractivity (Wildman–Crippen MR) is 76.8 cm³/mol. The third-order valence-electron chi connectivity index (χ3n) is 4.43. The van der Waals surface area contributed by atoms with Crippen LogP contribution in [0.25, 0.3) is 0 Å². The molecule has 1 fully saturated rings. The van der Waals surface area contributed by atoms with E-state index in [0.29, 0.717) is 12.0 Å². The Bertz CT molecular complexity index is 389. The summed E-state index contributed by atoms with van der Waals surface area (Å²) >= 11 is 0. The van der Waals surface area contributed by atoms with Gasteiger partial charge in [-0.3, -0.25) is 4.90 Å². The molecule has 0 saturated carbocycles. The van der Waals surface area contributed by atoms with Gasteiger partial charge in [0.15, 0.2) is 0 Å². The maximum atomic E-state index is 2.68. The van der Waals surface area contributed by atoms with Gasteiger partial charge in [0.25, 0.3) is 0 Å². The minimum Gasteiger partial charge on any atom is -0.297 e. The van der Waals surface area contributed by atoms with Crippen LogP contribution in [0, 0.1) is 0 Å². The van der Waals surface area contributed by atoms with Crippen LogP contribution in [0.15, 0.2) is 42.5 Å². The van der Waals surface area contributed by atoms with Gasteiger partial charge >= 0.3 is 0 Å². The zero-order valence-corrected chi connectivity index (χ0v) is 11.1. The molecule has 1 saturated heterocycles. The monoisotopic (exact) mass is 241 g/mol. The lowest BCUT2D eigenvalue weighted by Crippen LogP contribution is -2.39. The number of likely N-dealkylation sites (tertiary alicyclic amines) is 1. The average molecular weight is 241 g/mol. The van der Waals surface area contributed by atoms with E-state index < -0.39 is 0 Å². The van der Waals surface area contributed by atoms with E-state index >= 15 is 0 Å². The van der Waals surface area contributed by atoms with Crippen LogP contribution >= 0.6 is 0 Å². The van der Waals surface area contributed by atoms with E-state index in [2.05, 4.69) is 47.4 Å². The predicted octanol–water partition coefficient (Wildman–Crippen LogP) is 3.97. The number of hydrogen-bond donors (Lipinski definition) is 0. The average Bonchev–Trinajstić information content (AvgIpc) is 2.49. The first-order valence-corrected chi connectivity index (χ1v) is 7.41. The van der Waals surface area contributed by atoms with E-state index in [9.17, 15) is 0 Å². The van der Waals surface area contributed by atoms with Crippen LogP contribution < -0.4 is 0 Å². The van der Waals surface area contributed by atoms with E-state index in [0.717, 1.165) is 0 Å². The molecule has 2 atom stereocenters. The summed E-state index contributed by atoms with van der Waals surface area (Å²) in [6.45, 7) is 2.62. The molecule has 3 rings (SSSR count). The van der Waals surface area contributed by atoms with Crippen LogP contribution in [-0.2, 0) is 0 Å². The van der Waals surface area contributed by atoms with Crippen molar-refractivity contribution in [3.05, 3.63) is 48.0 Å². The van der Waals surface area contributed by atoms with Crippen molar-refractivity contribution in [2.45, 2.75) is 44.1 Å². The molecule has 1 heterocycles. The van der Waals surface area contributed by atoms with E-state index in [1.807, 2.05) is 0 Å². The van der Waals surface area contributed by atoms with Crippen molar-refractivity contribution in [2.75, 3.05) is 13.1 Å². The SMILES string of the molecule is C1=CC(N2CCCCC2)CCC1c1ccccc1. The molecule has 1 nitrogen and oxygen atoms in total. The van der Waals surface area contributed by atoms with Gasteiger partial charge in [-0.2, -0.15) is 0 Å². The van der Waals surface area contributed by atoms with Crippen molar-refractivity contribution in [2.24, 2.45) is 0 Å². The van der Waals surface area contributed by atoms with Crippen molar-refractivity contribution in [1.29, 1.82) is 0 Å². The summed E-state index contributed by atoms with van der Waals surface area (Å²) in [4.78, 5) is 2.68. The Balaban J connectivity index is 1.64. The molecule has 2 aliphatic rings. The molecule has 18 heavy (non-hydrogen) atoms.